The predicted molar refractivity (Wildman–Crippen MR) is 82.7 cm³/mol. The number of hydrogen-bond donors (Lipinski definition) is 1. The standard InChI is InChI=1S/C17H20FNO2/c1-12(19-15-6-4-5-14(18)11-15)9-13-7-8-16(20-2)17(10-13)21-3/h4-8,10-12,19H,9H2,1-3H3. The number of rotatable bonds is 6. The van der Waals surface area contributed by atoms with Crippen molar-refractivity contribution in [2.45, 2.75) is 19.4 Å². The third-order valence-electron chi connectivity index (χ3n) is 3.23. The molecule has 1 N–H and O–H groups in total. The first-order chi connectivity index (χ1) is 10.1. The lowest BCUT2D eigenvalue weighted by molar-refractivity contribution is 0.354. The Morgan fingerprint density at radius 2 is 1.81 bits per heavy atom. The minimum absolute atomic E-state index is 0.171. The van der Waals surface area contributed by atoms with Gasteiger partial charge in [0.05, 0.1) is 14.2 Å². The zero-order valence-electron chi connectivity index (χ0n) is 12.5. The van der Waals surface area contributed by atoms with Gasteiger partial charge in [-0.25, -0.2) is 4.39 Å². The molecule has 0 radical (unpaired) electrons. The van der Waals surface area contributed by atoms with Gasteiger partial charge in [0.1, 0.15) is 5.82 Å². The van der Waals surface area contributed by atoms with Gasteiger partial charge in [-0.3, -0.25) is 0 Å². The monoisotopic (exact) mass is 289 g/mol. The van der Waals surface area contributed by atoms with Gasteiger partial charge >= 0.3 is 0 Å². The van der Waals surface area contributed by atoms with Gasteiger partial charge in [0, 0.05) is 11.7 Å². The first-order valence-electron chi connectivity index (χ1n) is 6.85. The Labute approximate surface area is 124 Å². The van der Waals surface area contributed by atoms with E-state index in [4.69, 9.17) is 9.47 Å². The van der Waals surface area contributed by atoms with Crippen molar-refractivity contribution < 1.29 is 13.9 Å². The van der Waals surface area contributed by atoms with E-state index in [1.165, 1.54) is 12.1 Å². The molecule has 1 atom stereocenters. The molecule has 2 aromatic carbocycles. The number of methoxy groups -OCH3 is 2. The lowest BCUT2D eigenvalue weighted by Crippen LogP contribution is -2.18. The summed E-state index contributed by atoms with van der Waals surface area (Å²) in [5, 5.41) is 3.29. The summed E-state index contributed by atoms with van der Waals surface area (Å²) in [6.07, 6.45) is 0.802. The Morgan fingerprint density at radius 3 is 2.48 bits per heavy atom. The minimum atomic E-state index is -0.238. The molecule has 2 aromatic rings. The second kappa shape index (κ2) is 6.97. The van der Waals surface area contributed by atoms with Crippen LogP contribution in [0.5, 0.6) is 11.5 Å². The molecular formula is C17H20FNO2. The molecule has 0 aliphatic rings. The van der Waals surface area contributed by atoms with Crippen LogP contribution in [0.2, 0.25) is 0 Å². The summed E-state index contributed by atoms with van der Waals surface area (Å²) in [7, 11) is 3.24. The van der Waals surface area contributed by atoms with Gasteiger partial charge in [0.2, 0.25) is 0 Å². The van der Waals surface area contributed by atoms with Gasteiger partial charge < -0.3 is 14.8 Å². The van der Waals surface area contributed by atoms with Crippen molar-refractivity contribution in [3.05, 3.63) is 53.8 Å². The van der Waals surface area contributed by atoms with Crippen molar-refractivity contribution >= 4 is 5.69 Å². The highest BCUT2D eigenvalue weighted by Gasteiger charge is 2.08. The van der Waals surface area contributed by atoms with Crippen molar-refractivity contribution in [2.24, 2.45) is 0 Å². The van der Waals surface area contributed by atoms with E-state index in [1.54, 1.807) is 20.3 Å². The molecular weight excluding hydrogens is 269 g/mol. The maximum absolute atomic E-state index is 13.2. The van der Waals surface area contributed by atoms with Crippen molar-refractivity contribution in [3.8, 4) is 11.5 Å². The van der Waals surface area contributed by atoms with Crippen LogP contribution in [0.4, 0.5) is 10.1 Å². The molecule has 0 bridgehead atoms. The van der Waals surface area contributed by atoms with Gasteiger partial charge in [-0.1, -0.05) is 12.1 Å². The second-order valence-corrected chi connectivity index (χ2v) is 4.95. The fourth-order valence-corrected chi connectivity index (χ4v) is 2.27. The zero-order valence-corrected chi connectivity index (χ0v) is 12.5. The summed E-state index contributed by atoms with van der Waals surface area (Å²) < 4.78 is 23.7. The van der Waals surface area contributed by atoms with Gasteiger partial charge in [-0.2, -0.15) is 0 Å². The molecule has 112 valence electrons. The number of ether oxygens (including phenoxy) is 2. The van der Waals surface area contributed by atoms with Crippen molar-refractivity contribution in [3.63, 3.8) is 0 Å². The normalized spacial score (nSPS) is 11.8. The van der Waals surface area contributed by atoms with Crippen LogP contribution in [0.15, 0.2) is 42.5 Å². The average Bonchev–Trinajstić information content (AvgIpc) is 2.47. The van der Waals surface area contributed by atoms with Crippen molar-refractivity contribution in [1.29, 1.82) is 0 Å². The smallest absolute Gasteiger partial charge is 0.160 e. The van der Waals surface area contributed by atoms with Gasteiger partial charge in [-0.15, -0.1) is 0 Å². The summed E-state index contributed by atoms with van der Waals surface area (Å²) in [6, 6.07) is 12.5. The highest BCUT2D eigenvalue weighted by atomic mass is 19.1. The van der Waals surface area contributed by atoms with Crippen molar-refractivity contribution in [2.75, 3.05) is 19.5 Å². The highest BCUT2D eigenvalue weighted by Crippen LogP contribution is 2.28. The average molecular weight is 289 g/mol. The number of hydrogen-bond acceptors (Lipinski definition) is 3. The molecule has 0 saturated carbocycles. The molecule has 21 heavy (non-hydrogen) atoms. The maximum Gasteiger partial charge on any atom is 0.160 e. The summed E-state index contributed by atoms with van der Waals surface area (Å²) in [5.41, 5.74) is 1.91. The Bertz CT molecular complexity index is 601. The molecule has 1 unspecified atom stereocenters. The van der Waals surface area contributed by atoms with Gasteiger partial charge in [0.15, 0.2) is 11.5 Å². The van der Waals surface area contributed by atoms with Crippen LogP contribution in [0.3, 0.4) is 0 Å². The summed E-state index contributed by atoms with van der Waals surface area (Å²) >= 11 is 0. The molecule has 0 saturated heterocycles. The van der Waals surface area contributed by atoms with Crippen LogP contribution >= 0.6 is 0 Å². The third-order valence-corrected chi connectivity index (χ3v) is 3.23. The van der Waals surface area contributed by atoms with E-state index < -0.39 is 0 Å². The van der Waals surface area contributed by atoms with Gasteiger partial charge in [0.25, 0.3) is 0 Å². The molecule has 0 heterocycles. The van der Waals surface area contributed by atoms with Crippen LogP contribution in [-0.2, 0) is 6.42 Å². The van der Waals surface area contributed by atoms with Gasteiger partial charge in [-0.05, 0) is 49.2 Å². The molecule has 0 aromatic heterocycles. The molecule has 0 aliphatic heterocycles. The van der Waals surface area contributed by atoms with E-state index >= 15 is 0 Å². The van der Waals surface area contributed by atoms with Crippen molar-refractivity contribution in [1.82, 2.24) is 0 Å². The number of halogens is 1. The van der Waals surface area contributed by atoms with E-state index in [0.717, 1.165) is 17.7 Å². The maximum atomic E-state index is 13.2. The SMILES string of the molecule is COc1ccc(CC(C)Nc2cccc(F)c2)cc1OC. The lowest BCUT2D eigenvalue weighted by Gasteiger charge is -2.16. The Hall–Kier alpha value is -2.23. The molecule has 4 heteroatoms. The Morgan fingerprint density at radius 1 is 1.05 bits per heavy atom. The second-order valence-electron chi connectivity index (χ2n) is 4.95. The molecule has 0 spiro atoms. The first-order valence-corrected chi connectivity index (χ1v) is 6.85. The molecule has 3 nitrogen and oxygen atoms in total. The topological polar surface area (TPSA) is 30.5 Å². The van der Waals surface area contributed by atoms with Crippen LogP contribution in [0.1, 0.15) is 12.5 Å². The molecule has 0 amide bonds. The summed E-state index contributed by atoms with van der Waals surface area (Å²) in [5.74, 6) is 1.19. The first kappa shape index (κ1) is 15.2. The largest absolute Gasteiger partial charge is 0.493 e. The van der Waals surface area contributed by atoms with E-state index in [9.17, 15) is 4.39 Å². The molecule has 0 aliphatic carbocycles. The molecule has 0 fully saturated rings. The van der Waals surface area contributed by atoms with Crippen LogP contribution < -0.4 is 14.8 Å². The van der Waals surface area contributed by atoms with E-state index in [2.05, 4.69) is 12.2 Å². The number of anilines is 1. The predicted octanol–water partition coefficient (Wildman–Crippen LogP) is 3.89. The van der Waals surface area contributed by atoms with E-state index in [-0.39, 0.29) is 11.9 Å². The summed E-state index contributed by atoms with van der Waals surface area (Å²) in [6.45, 7) is 2.06. The van der Waals surface area contributed by atoms with E-state index in [1.807, 2.05) is 24.3 Å². The summed E-state index contributed by atoms with van der Waals surface area (Å²) in [4.78, 5) is 0. The lowest BCUT2D eigenvalue weighted by atomic mass is 10.1. The quantitative estimate of drug-likeness (QED) is 0.875. The van der Waals surface area contributed by atoms with Crippen LogP contribution in [-0.4, -0.2) is 20.3 Å². The fourth-order valence-electron chi connectivity index (χ4n) is 2.27. The Kier molecular flexibility index (Phi) is 5.04. The fraction of sp³-hybridized carbons (Fsp3) is 0.294. The van der Waals surface area contributed by atoms with E-state index in [0.29, 0.717) is 11.5 Å². The van der Waals surface area contributed by atoms with Crippen LogP contribution in [0.25, 0.3) is 0 Å². The zero-order chi connectivity index (χ0) is 15.2. The van der Waals surface area contributed by atoms with Crippen LogP contribution in [0, 0.1) is 5.82 Å². The number of benzene rings is 2. The Balaban J connectivity index is 2.04. The highest BCUT2D eigenvalue weighted by molar-refractivity contribution is 5.46. The minimum Gasteiger partial charge on any atom is -0.493 e. The number of nitrogens with one attached hydrogen (secondary N) is 1. The molecule has 2 rings (SSSR count). The third kappa shape index (κ3) is 4.12.